The van der Waals surface area contributed by atoms with Gasteiger partial charge in [0.05, 0.1) is 11.9 Å². The molecule has 0 radical (unpaired) electrons. The highest BCUT2D eigenvalue weighted by Gasteiger charge is 2.15. The van der Waals surface area contributed by atoms with E-state index in [0.29, 0.717) is 5.82 Å². The molecule has 2 aromatic rings. The van der Waals surface area contributed by atoms with Crippen LogP contribution in [0.3, 0.4) is 0 Å². The van der Waals surface area contributed by atoms with Gasteiger partial charge in [0, 0.05) is 18.7 Å². The summed E-state index contributed by atoms with van der Waals surface area (Å²) in [6.45, 7) is 1.70. The van der Waals surface area contributed by atoms with Crippen LogP contribution >= 0.6 is 0 Å². The molecule has 0 aliphatic heterocycles. The second-order valence-corrected chi connectivity index (χ2v) is 6.11. The van der Waals surface area contributed by atoms with Crippen LogP contribution in [0.2, 0.25) is 0 Å². The van der Waals surface area contributed by atoms with E-state index in [0.717, 1.165) is 10.8 Å². The van der Waals surface area contributed by atoms with E-state index in [9.17, 15) is 8.42 Å². The number of fused-ring (bicyclic) bond motifs is 1. The summed E-state index contributed by atoms with van der Waals surface area (Å²) in [4.78, 5) is 4.09. The predicted molar refractivity (Wildman–Crippen MR) is 75.6 cm³/mol. The molecule has 5 nitrogen and oxygen atoms in total. The highest BCUT2D eigenvalue weighted by Crippen LogP contribution is 2.17. The lowest BCUT2D eigenvalue weighted by Crippen LogP contribution is -2.25. The van der Waals surface area contributed by atoms with Gasteiger partial charge in [0.25, 0.3) is 0 Å². The van der Waals surface area contributed by atoms with E-state index in [-0.39, 0.29) is 11.9 Å². The first-order chi connectivity index (χ1) is 9.00. The molecular weight excluding hydrogens is 264 g/mol. The standard InChI is InChI=1S/C13H16N2O3S/c1-10(18-2)9-19(16,17)15-13-7-11-5-3-4-6-12(11)8-14-13/h3-8,10H,9H2,1-2H3,(H,14,15). The Morgan fingerprint density at radius 1 is 1.32 bits per heavy atom. The predicted octanol–water partition coefficient (Wildman–Crippen LogP) is 2.01. The van der Waals surface area contributed by atoms with Crippen molar-refractivity contribution in [2.24, 2.45) is 0 Å². The number of sulfonamides is 1. The molecule has 1 N–H and O–H groups in total. The lowest BCUT2D eigenvalue weighted by atomic mass is 10.2. The maximum absolute atomic E-state index is 11.9. The normalized spacial score (nSPS) is 13.4. The van der Waals surface area contributed by atoms with Crippen molar-refractivity contribution in [1.29, 1.82) is 0 Å². The van der Waals surface area contributed by atoms with Gasteiger partial charge >= 0.3 is 0 Å². The van der Waals surface area contributed by atoms with Crippen LogP contribution < -0.4 is 4.72 Å². The molecule has 1 atom stereocenters. The summed E-state index contributed by atoms with van der Waals surface area (Å²) in [5.74, 6) is 0.222. The average molecular weight is 280 g/mol. The molecule has 6 heteroatoms. The van der Waals surface area contributed by atoms with E-state index in [2.05, 4.69) is 9.71 Å². The molecule has 0 amide bonds. The van der Waals surface area contributed by atoms with Crippen LogP contribution in [0.25, 0.3) is 10.8 Å². The number of aromatic nitrogens is 1. The molecule has 0 aliphatic carbocycles. The van der Waals surface area contributed by atoms with Gasteiger partial charge in [-0.2, -0.15) is 0 Å². The summed E-state index contributed by atoms with van der Waals surface area (Å²) in [6, 6.07) is 9.35. The van der Waals surface area contributed by atoms with Crippen LogP contribution in [0, 0.1) is 0 Å². The highest BCUT2D eigenvalue weighted by atomic mass is 32.2. The third-order valence-electron chi connectivity index (χ3n) is 2.75. The van der Waals surface area contributed by atoms with E-state index in [1.165, 1.54) is 7.11 Å². The van der Waals surface area contributed by atoms with Crippen LogP contribution in [0.4, 0.5) is 5.82 Å². The van der Waals surface area contributed by atoms with Gasteiger partial charge in [-0.1, -0.05) is 24.3 Å². The number of hydrogen-bond acceptors (Lipinski definition) is 4. The highest BCUT2D eigenvalue weighted by molar-refractivity contribution is 7.92. The third-order valence-corrected chi connectivity index (χ3v) is 4.18. The average Bonchev–Trinajstić information content (AvgIpc) is 2.37. The zero-order valence-electron chi connectivity index (χ0n) is 10.8. The molecule has 0 bridgehead atoms. The van der Waals surface area contributed by atoms with Crippen molar-refractivity contribution >= 4 is 26.6 Å². The number of nitrogens with one attached hydrogen (secondary N) is 1. The number of rotatable bonds is 5. The minimum Gasteiger partial charge on any atom is -0.381 e. The first kappa shape index (κ1) is 13.8. The molecule has 0 saturated heterocycles. The summed E-state index contributed by atoms with van der Waals surface area (Å²) in [5, 5.41) is 1.91. The number of benzene rings is 1. The third kappa shape index (κ3) is 3.65. The smallest absolute Gasteiger partial charge is 0.236 e. The SMILES string of the molecule is COC(C)CS(=O)(=O)Nc1cc2ccccc2cn1. The number of pyridine rings is 1. The maximum atomic E-state index is 11.9. The van der Waals surface area contributed by atoms with Crippen molar-refractivity contribution in [3.8, 4) is 0 Å². The Hall–Kier alpha value is -1.66. The molecular formula is C13H16N2O3S. The molecule has 1 aromatic carbocycles. The molecule has 1 aromatic heterocycles. The summed E-state index contributed by atoms with van der Waals surface area (Å²) in [6.07, 6.45) is 1.28. The topological polar surface area (TPSA) is 68.3 Å². The quantitative estimate of drug-likeness (QED) is 0.909. The van der Waals surface area contributed by atoms with Crippen molar-refractivity contribution in [3.63, 3.8) is 0 Å². The molecule has 1 heterocycles. The molecule has 2 rings (SSSR count). The Morgan fingerprint density at radius 3 is 2.68 bits per heavy atom. The van der Waals surface area contributed by atoms with Crippen molar-refractivity contribution < 1.29 is 13.2 Å². The Bertz CT molecular complexity index is 670. The fourth-order valence-electron chi connectivity index (χ4n) is 1.72. The van der Waals surface area contributed by atoms with Gasteiger partial charge in [-0.25, -0.2) is 13.4 Å². The summed E-state index contributed by atoms with van der Waals surface area (Å²) in [7, 11) is -1.97. The van der Waals surface area contributed by atoms with E-state index in [1.54, 1.807) is 19.2 Å². The van der Waals surface area contributed by atoms with Gasteiger partial charge in [0.2, 0.25) is 10.0 Å². The Labute approximate surface area is 112 Å². The lowest BCUT2D eigenvalue weighted by molar-refractivity contribution is 0.136. The van der Waals surface area contributed by atoms with E-state index in [1.807, 2.05) is 24.3 Å². The molecule has 1 unspecified atom stereocenters. The summed E-state index contributed by atoms with van der Waals surface area (Å²) in [5.41, 5.74) is 0. The fraction of sp³-hybridized carbons (Fsp3) is 0.308. The van der Waals surface area contributed by atoms with Crippen molar-refractivity contribution in [2.75, 3.05) is 17.6 Å². The zero-order chi connectivity index (χ0) is 13.9. The fourth-order valence-corrected chi connectivity index (χ4v) is 2.99. The Morgan fingerprint density at radius 2 is 2.00 bits per heavy atom. The van der Waals surface area contributed by atoms with Gasteiger partial charge in [0.15, 0.2) is 0 Å². The van der Waals surface area contributed by atoms with Crippen molar-refractivity contribution in [1.82, 2.24) is 4.98 Å². The lowest BCUT2D eigenvalue weighted by Gasteiger charge is -2.11. The number of ether oxygens (including phenoxy) is 1. The van der Waals surface area contributed by atoms with Gasteiger partial charge in [-0.05, 0) is 18.4 Å². The first-order valence-corrected chi connectivity index (χ1v) is 7.53. The minimum absolute atomic E-state index is 0.0992. The van der Waals surface area contributed by atoms with Gasteiger partial charge in [-0.3, -0.25) is 4.72 Å². The van der Waals surface area contributed by atoms with Gasteiger partial charge in [0.1, 0.15) is 5.82 Å². The number of hydrogen-bond donors (Lipinski definition) is 1. The van der Waals surface area contributed by atoms with E-state index >= 15 is 0 Å². The maximum Gasteiger partial charge on any atom is 0.236 e. The van der Waals surface area contributed by atoms with E-state index in [4.69, 9.17) is 4.74 Å². The Balaban J connectivity index is 2.21. The second kappa shape index (κ2) is 5.54. The second-order valence-electron chi connectivity index (χ2n) is 4.35. The molecule has 0 saturated carbocycles. The molecule has 0 fully saturated rings. The summed E-state index contributed by atoms with van der Waals surface area (Å²) >= 11 is 0. The van der Waals surface area contributed by atoms with Crippen molar-refractivity contribution in [3.05, 3.63) is 36.5 Å². The molecule has 0 spiro atoms. The van der Waals surface area contributed by atoms with Crippen LogP contribution in [0.5, 0.6) is 0 Å². The monoisotopic (exact) mass is 280 g/mol. The number of methoxy groups -OCH3 is 1. The largest absolute Gasteiger partial charge is 0.381 e. The van der Waals surface area contributed by atoms with Crippen LogP contribution in [0.15, 0.2) is 36.5 Å². The van der Waals surface area contributed by atoms with E-state index < -0.39 is 10.0 Å². The Kier molecular flexibility index (Phi) is 4.01. The minimum atomic E-state index is -3.45. The zero-order valence-corrected chi connectivity index (χ0v) is 11.6. The molecule has 19 heavy (non-hydrogen) atoms. The van der Waals surface area contributed by atoms with Crippen LogP contribution in [0.1, 0.15) is 6.92 Å². The van der Waals surface area contributed by atoms with Gasteiger partial charge in [-0.15, -0.1) is 0 Å². The first-order valence-electron chi connectivity index (χ1n) is 5.88. The van der Waals surface area contributed by atoms with Crippen LogP contribution in [-0.2, 0) is 14.8 Å². The summed E-state index contributed by atoms with van der Waals surface area (Å²) < 4.78 is 31.2. The van der Waals surface area contributed by atoms with Crippen molar-refractivity contribution in [2.45, 2.75) is 13.0 Å². The number of nitrogens with zero attached hydrogens (tertiary/aromatic N) is 1. The number of anilines is 1. The molecule has 0 aliphatic rings. The van der Waals surface area contributed by atoms with Crippen LogP contribution in [-0.4, -0.2) is 32.4 Å². The molecule has 102 valence electrons. The van der Waals surface area contributed by atoms with Gasteiger partial charge < -0.3 is 4.74 Å².